The van der Waals surface area contributed by atoms with Crippen molar-refractivity contribution < 1.29 is 4.21 Å². The second-order valence-corrected chi connectivity index (χ2v) is 16.8. The average molecular weight is 403 g/mol. The number of rotatable bonds is 2. The lowest BCUT2D eigenvalue weighted by Gasteiger charge is -2.40. The smallest absolute Gasteiger partial charge is 0.129 e. The summed E-state index contributed by atoms with van der Waals surface area (Å²) in [5, 5.41) is 3.50. The summed E-state index contributed by atoms with van der Waals surface area (Å²) in [5.74, 6) is 3.50. The van der Waals surface area contributed by atoms with Crippen LogP contribution in [-0.2, 0) is 17.4 Å². The number of hydrogen-bond donors (Lipinski definition) is 2. The van der Waals surface area contributed by atoms with Crippen molar-refractivity contribution >= 4 is 19.1 Å². The summed E-state index contributed by atoms with van der Waals surface area (Å²) in [7, 11) is -2.51. The number of nitrogens with one attached hydrogen (secondary N) is 2. The van der Waals surface area contributed by atoms with Crippen LogP contribution in [0.15, 0.2) is 18.2 Å². The second kappa shape index (κ2) is 7.48. The lowest BCUT2D eigenvalue weighted by atomic mass is 9.73. The van der Waals surface area contributed by atoms with Gasteiger partial charge in [0.2, 0.25) is 0 Å². The maximum Gasteiger partial charge on any atom is 0.129 e. The predicted molar refractivity (Wildman–Crippen MR) is 119 cm³/mol. The minimum Gasteiger partial charge on any atom is -0.317 e. The van der Waals surface area contributed by atoms with Crippen LogP contribution in [0.4, 0.5) is 0 Å². The van der Waals surface area contributed by atoms with Crippen molar-refractivity contribution in [1.82, 2.24) is 10.0 Å². The third kappa shape index (κ3) is 4.56. The normalized spacial score (nSPS) is 22.8. The van der Waals surface area contributed by atoms with Gasteiger partial charge in [-0.2, -0.15) is 0 Å². The monoisotopic (exact) mass is 402 g/mol. The molecule has 0 aromatic heterocycles. The Morgan fingerprint density at radius 1 is 1.22 bits per heavy atom. The zero-order valence-electron chi connectivity index (χ0n) is 17.7. The fourth-order valence-corrected chi connectivity index (χ4v) is 5.55. The average Bonchev–Trinajstić information content (AvgIpc) is 2.86. The highest BCUT2D eigenvalue weighted by Crippen LogP contribution is 2.52. The standard InChI is InChI=1S/C22H34N2OSSi/c1-21(2,3)26(25)24-20-18-9-7-8-17(10-15-27(4,5)6)19(18)16-22(20)11-13-23-14-12-22/h7-9,20,23-24H,11-14,16H2,1-6H3/t20-,26-/m1/s1. The molecule has 0 amide bonds. The molecule has 1 aromatic rings. The van der Waals surface area contributed by atoms with Crippen LogP contribution in [0.25, 0.3) is 0 Å². The Bertz CT molecular complexity index is 789. The highest BCUT2D eigenvalue weighted by Gasteiger charge is 2.48. The molecule has 148 valence electrons. The first-order chi connectivity index (χ1) is 12.5. The van der Waals surface area contributed by atoms with Gasteiger partial charge in [0.25, 0.3) is 0 Å². The number of benzene rings is 1. The fourth-order valence-electron chi connectivity index (χ4n) is 4.09. The van der Waals surface area contributed by atoms with E-state index in [1.807, 2.05) is 20.8 Å². The van der Waals surface area contributed by atoms with Crippen molar-refractivity contribution in [2.24, 2.45) is 5.41 Å². The lowest BCUT2D eigenvalue weighted by molar-refractivity contribution is 0.164. The van der Waals surface area contributed by atoms with Gasteiger partial charge < -0.3 is 5.32 Å². The van der Waals surface area contributed by atoms with Gasteiger partial charge in [-0.05, 0) is 75.7 Å². The molecule has 1 spiro atoms. The Hall–Kier alpha value is -0.933. The lowest BCUT2D eigenvalue weighted by Crippen LogP contribution is -2.46. The van der Waals surface area contributed by atoms with Crippen molar-refractivity contribution in [3.05, 3.63) is 34.9 Å². The molecule has 2 atom stereocenters. The molecule has 1 aliphatic carbocycles. The van der Waals surface area contributed by atoms with E-state index in [0.717, 1.165) is 32.4 Å². The Labute approximate surface area is 168 Å². The van der Waals surface area contributed by atoms with Crippen molar-refractivity contribution in [1.29, 1.82) is 0 Å². The molecule has 1 fully saturated rings. The Morgan fingerprint density at radius 2 is 1.89 bits per heavy atom. The van der Waals surface area contributed by atoms with Gasteiger partial charge in [0, 0.05) is 5.56 Å². The van der Waals surface area contributed by atoms with Crippen molar-refractivity contribution in [3.63, 3.8) is 0 Å². The quantitative estimate of drug-likeness (QED) is 0.581. The van der Waals surface area contributed by atoms with Crippen molar-refractivity contribution in [2.45, 2.75) is 70.5 Å². The van der Waals surface area contributed by atoms with Gasteiger partial charge in [0.05, 0.1) is 21.8 Å². The van der Waals surface area contributed by atoms with Crippen LogP contribution in [0.3, 0.4) is 0 Å². The molecule has 1 saturated heterocycles. The zero-order chi connectivity index (χ0) is 19.9. The molecule has 1 aliphatic heterocycles. The van der Waals surface area contributed by atoms with E-state index in [9.17, 15) is 4.21 Å². The van der Waals surface area contributed by atoms with Gasteiger partial charge >= 0.3 is 0 Å². The molecular formula is C22H34N2OSSi. The van der Waals surface area contributed by atoms with Crippen LogP contribution in [-0.4, -0.2) is 30.1 Å². The minimum absolute atomic E-state index is 0.142. The molecule has 5 heteroatoms. The summed E-state index contributed by atoms with van der Waals surface area (Å²) in [4.78, 5) is 0. The first-order valence-corrected chi connectivity index (χ1v) is 14.7. The Morgan fingerprint density at radius 3 is 2.48 bits per heavy atom. The Balaban J connectivity index is 2.03. The van der Waals surface area contributed by atoms with Crippen LogP contribution in [0.1, 0.15) is 56.3 Å². The van der Waals surface area contributed by atoms with E-state index in [1.165, 1.54) is 16.7 Å². The van der Waals surface area contributed by atoms with Gasteiger partial charge in [-0.3, -0.25) is 0 Å². The summed E-state index contributed by atoms with van der Waals surface area (Å²) < 4.78 is 16.2. The molecule has 2 aliphatic rings. The topological polar surface area (TPSA) is 41.1 Å². The van der Waals surface area contributed by atoms with Crippen LogP contribution >= 0.6 is 0 Å². The van der Waals surface area contributed by atoms with E-state index in [2.05, 4.69) is 59.3 Å². The maximum atomic E-state index is 13.0. The molecule has 1 aromatic carbocycles. The summed E-state index contributed by atoms with van der Waals surface area (Å²) in [6.07, 6.45) is 3.27. The van der Waals surface area contributed by atoms with E-state index in [4.69, 9.17) is 0 Å². The van der Waals surface area contributed by atoms with Crippen LogP contribution < -0.4 is 10.0 Å². The van der Waals surface area contributed by atoms with Gasteiger partial charge in [-0.25, -0.2) is 8.93 Å². The van der Waals surface area contributed by atoms with Crippen molar-refractivity contribution in [3.8, 4) is 11.5 Å². The number of piperidine rings is 1. The van der Waals surface area contributed by atoms with E-state index >= 15 is 0 Å². The molecular weight excluding hydrogens is 368 g/mol. The molecule has 2 N–H and O–H groups in total. The first kappa shape index (κ1) is 20.8. The SMILES string of the molecule is CC(C)(C)[S@@](=O)N[C@@H]1c2cccc(C#C[Si](C)(C)C)c2CC12CCNCC2. The van der Waals surface area contributed by atoms with Gasteiger partial charge in [-0.15, -0.1) is 5.54 Å². The number of fused-ring (bicyclic) bond motifs is 1. The summed E-state index contributed by atoms with van der Waals surface area (Å²) in [5.41, 5.74) is 7.56. The fraction of sp³-hybridized carbons (Fsp3) is 0.636. The summed E-state index contributed by atoms with van der Waals surface area (Å²) >= 11 is 0. The highest BCUT2D eigenvalue weighted by molar-refractivity contribution is 7.84. The largest absolute Gasteiger partial charge is 0.317 e. The van der Waals surface area contributed by atoms with Gasteiger partial charge in [0.15, 0.2) is 0 Å². The maximum absolute atomic E-state index is 13.0. The predicted octanol–water partition coefficient (Wildman–Crippen LogP) is 3.93. The highest BCUT2D eigenvalue weighted by atomic mass is 32.2. The molecule has 0 unspecified atom stereocenters. The molecule has 3 rings (SSSR count). The Kier molecular flexibility index (Phi) is 5.76. The summed E-state index contributed by atoms with van der Waals surface area (Å²) in [6, 6.07) is 6.66. The third-order valence-electron chi connectivity index (χ3n) is 5.62. The van der Waals surface area contributed by atoms with E-state index in [0.29, 0.717) is 0 Å². The number of hydrogen-bond acceptors (Lipinski definition) is 2. The zero-order valence-corrected chi connectivity index (χ0v) is 19.5. The van der Waals surface area contributed by atoms with E-state index in [-0.39, 0.29) is 16.2 Å². The van der Waals surface area contributed by atoms with Gasteiger partial charge in [0.1, 0.15) is 8.07 Å². The molecule has 1 heterocycles. The van der Waals surface area contributed by atoms with Crippen LogP contribution in [0, 0.1) is 16.9 Å². The molecule has 3 nitrogen and oxygen atoms in total. The first-order valence-electron chi connectivity index (χ1n) is 10.1. The molecule has 0 radical (unpaired) electrons. The van der Waals surface area contributed by atoms with Crippen molar-refractivity contribution in [2.75, 3.05) is 13.1 Å². The van der Waals surface area contributed by atoms with Crippen LogP contribution in [0.5, 0.6) is 0 Å². The third-order valence-corrected chi connectivity index (χ3v) is 8.05. The van der Waals surface area contributed by atoms with Crippen LogP contribution in [0.2, 0.25) is 19.6 Å². The molecule has 0 saturated carbocycles. The molecule has 0 bridgehead atoms. The van der Waals surface area contributed by atoms with E-state index < -0.39 is 19.1 Å². The van der Waals surface area contributed by atoms with E-state index in [1.54, 1.807) is 0 Å². The molecule has 27 heavy (non-hydrogen) atoms. The van der Waals surface area contributed by atoms with Gasteiger partial charge in [-0.1, -0.05) is 37.7 Å². The minimum atomic E-state index is -1.42. The second-order valence-electron chi connectivity index (χ2n) is 10.1. The summed E-state index contributed by atoms with van der Waals surface area (Å²) in [6.45, 7) is 15.0.